The largest absolute Gasteiger partial charge is 0.397 e. The zero-order valence-corrected chi connectivity index (χ0v) is 13.4. The summed E-state index contributed by atoms with van der Waals surface area (Å²) >= 11 is 1.33. The van der Waals surface area contributed by atoms with Crippen LogP contribution in [-0.4, -0.2) is 46.6 Å². The molecule has 1 aromatic rings. The molecule has 7 heteroatoms. The number of carbonyl (C=O) groups is 2. The monoisotopic (exact) mass is 310 g/mol. The molecule has 0 fully saturated rings. The van der Waals surface area contributed by atoms with Crippen molar-refractivity contribution in [1.29, 1.82) is 0 Å². The minimum atomic E-state index is -0.143. The van der Waals surface area contributed by atoms with Crippen LogP contribution in [0.3, 0.4) is 0 Å². The number of anilines is 1. The standard InChI is InChI=1S/C14H22N4O2S/c1-4-18(8-12(19)17-10(2)3)14(20)9-21-13-6-5-11(15)7-16-13/h5-7,10H,4,8-9,15H2,1-3H3,(H,17,19). The van der Waals surface area contributed by atoms with Gasteiger partial charge in [0.05, 0.1) is 29.2 Å². The number of nitrogens with zero attached hydrogens (tertiary/aromatic N) is 2. The molecule has 0 saturated heterocycles. The Balaban J connectivity index is 2.47. The number of pyridine rings is 1. The van der Waals surface area contributed by atoms with Crippen molar-refractivity contribution in [2.75, 3.05) is 24.6 Å². The lowest BCUT2D eigenvalue weighted by molar-refractivity contribution is -0.134. The summed E-state index contributed by atoms with van der Waals surface area (Å²) in [6.07, 6.45) is 1.56. The number of likely N-dealkylation sites (N-methyl/N-ethyl adjacent to an activating group) is 1. The third kappa shape index (κ3) is 6.48. The molecule has 21 heavy (non-hydrogen) atoms. The first-order valence-electron chi connectivity index (χ1n) is 6.83. The molecule has 3 N–H and O–H groups in total. The van der Waals surface area contributed by atoms with Crippen LogP contribution in [0.2, 0.25) is 0 Å². The Morgan fingerprint density at radius 2 is 2.14 bits per heavy atom. The summed E-state index contributed by atoms with van der Waals surface area (Å²) in [7, 11) is 0. The third-order valence-electron chi connectivity index (χ3n) is 2.62. The SMILES string of the molecule is CCN(CC(=O)NC(C)C)C(=O)CSc1ccc(N)cn1. The zero-order valence-electron chi connectivity index (χ0n) is 12.6. The predicted octanol–water partition coefficient (Wildman–Crippen LogP) is 1.13. The van der Waals surface area contributed by atoms with Crippen molar-refractivity contribution in [2.45, 2.75) is 31.8 Å². The second-order valence-corrected chi connectivity index (χ2v) is 5.84. The maximum Gasteiger partial charge on any atom is 0.239 e. The first kappa shape index (κ1) is 17.3. The molecule has 0 aromatic carbocycles. The molecule has 0 spiro atoms. The van der Waals surface area contributed by atoms with Gasteiger partial charge in [0.25, 0.3) is 0 Å². The van der Waals surface area contributed by atoms with Gasteiger partial charge in [-0.05, 0) is 32.9 Å². The molecule has 0 atom stereocenters. The number of rotatable bonds is 7. The summed E-state index contributed by atoms with van der Waals surface area (Å²) in [6, 6.07) is 3.59. The van der Waals surface area contributed by atoms with Gasteiger partial charge in [-0.15, -0.1) is 0 Å². The van der Waals surface area contributed by atoms with Gasteiger partial charge < -0.3 is 16.0 Å². The van der Waals surface area contributed by atoms with Crippen molar-refractivity contribution in [1.82, 2.24) is 15.2 Å². The van der Waals surface area contributed by atoms with E-state index in [1.165, 1.54) is 16.7 Å². The highest BCUT2D eigenvalue weighted by molar-refractivity contribution is 7.99. The second-order valence-electron chi connectivity index (χ2n) is 4.85. The van der Waals surface area contributed by atoms with E-state index in [1.807, 2.05) is 20.8 Å². The van der Waals surface area contributed by atoms with Gasteiger partial charge in [0.2, 0.25) is 11.8 Å². The topological polar surface area (TPSA) is 88.3 Å². The highest BCUT2D eigenvalue weighted by Crippen LogP contribution is 2.16. The molecule has 116 valence electrons. The number of nitrogens with one attached hydrogen (secondary N) is 1. The number of thioether (sulfide) groups is 1. The molecule has 0 aliphatic rings. The van der Waals surface area contributed by atoms with Gasteiger partial charge in [0, 0.05) is 12.6 Å². The van der Waals surface area contributed by atoms with Gasteiger partial charge in [-0.2, -0.15) is 0 Å². The smallest absolute Gasteiger partial charge is 0.239 e. The molecule has 1 rings (SSSR count). The molecule has 0 saturated carbocycles. The average Bonchev–Trinajstić information content (AvgIpc) is 2.43. The van der Waals surface area contributed by atoms with E-state index in [0.717, 1.165) is 5.03 Å². The number of hydrogen-bond donors (Lipinski definition) is 2. The van der Waals surface area contributed by atoms with Crippen LogP contribution in [0.5, 0.6) is 0 Å². The van der Waals surface area contributed by atoms with E-state index in [4.69, 9.17) is 5.73 Å². The fourth-order valence-corrected chi connectivity index (χ4v) is 2.37. The minimum absolute atomic E-state index is 0.0691. The van der Waals surface area contributed by atoms with Crippen LogP contribution in [0, 0.1) is 0 Å². The summed E-state index contributed by atoms with van der Waals surface area (Å²) in [5.74, 6) is 0.0236. The van der Waals surface area contributed by atoms with Crippen LogP contribution in [0.1, 0.15) is 20.8 Å². The Hall–Kier alpha value is -1.76. The Morgan fingerprint density at radius 1 is 1.43 bits per heavy atom. The summed E-state index contributed by atoms with van der Waals surface area (Å²) in [5.41, 5.74) is 6.14. The fourth-order valence-electron chi connectivity index (χ4n) is 1.62. The summed E-state index contributed by atoms with van der Waals surface area (Å²) in [6.45, 7) is 6.22. The summed E-state index contributed by atoms with van der Waals surface area (Å²) in [4.78, 5) is 29.5. The van der Waals surface area contributed by atoms with Gasteiger partial charge in [0.1, 0.15) is 0 Å². The van der Waals surface area contributed by atoms with Crippen molar-refractivity contribution in [3.8, 4) is 0 Å². The van der Waals surface area contributed by atoms with Crippen LogP contribution in [0.15, 0.2) is 23.4 Å². The van der Waals surface area contributed by atoms with Gasteiger partial charge in [0.15, 0.2) is 0 Å². The molecular weight excluding hydrogens is 288 g/mol. The Bertz CT molecular complexity index is 476. The van der Waals surface area contributed by atoms with Crippen molar-refractivity contribution in [3.63, 3.8) is 0 Å². The van der Waals surface area contributed by atoms with Crippen LogP contribution >= 0.6 is 11.8 Å². The maximum absolute atomic E-state index is 12.1. The normalized spacial score (nSPS) is 10.5. The lowest BCUT2D eigenvalue weighted by Crippen LogP contribution is -2.43. The summed E-state index contributed by atoms with van der Waals surface area (Å²) in [5, 5.41) is 3.51. The summed E-state index contributed by atoms with van der Waals surface area (Å²) < 4.78 is 0. The number of hydrogen-bond acceptors (Lipinski definition) is 5. The van der Waals surface area contributed by atoms with Gasteiger partial charge in [-0.3, -0.25) is 9.59 Å². The van der Waals surface area contributed by atoms with E-state index in [0.29, 0.717) is 12.2 Å². The number of amides is 2. The van der Waals surface area contributed by atoms with Crippen LogP contribution in [0.25, 0.3) is 0 Å². The van der Waals surface area contributed by atoms with Crippen LogP contribution in [0.4, 0.5) is 5.69 Å². The van der Waals surface area contributed by atoms with E-state index in [9.17, 15) is 9.59 Å². The number of carbonyl (C=O) groups excluding carboxylic acids is 2. The zero-order chi connectivity index (χ0) is 15.8. The molecule has 0 unspecified atom stereocenters. The molecule has 0 aliphatic carbocycles. The average molecular weight is 310 g/mol. The third-order valence-corrected chi connectivity index (χ3v) is 3.55. The highest BCUT2D eigenvalue weighted by Gasteiger charge is 2.16. The maximum atomic E-state index is 12.1. The quantitative estimate of drug-likeness (QED) is 0.737. The number of aromatic nitrogens is 1. The lowest BCUT2D eigenvalue weighted by Gasteiger charge is -2.20. The molecule has 6 nitrogen and oxygen atoms in total. The molecule has 0 bridgehead atoms. The Kier molecular flexibility index (Phi) is 7.01. The van der Waals surface area contributed by atoms with E-state index < -0.39 is 0 Å². The molecule has 1 aromatic heterocycles. The Labute approximate surface area is 129 Å². The van der Waals surface area contributed by atoms with Crippen LogP contribution in [-0.2, 0) is 9.59 Å². The van der Waals surface area contributed by atoms with Crippen molar-refractivity contribution in [3.05, 3.63) is 18.3 Å². The highest BCUT2D eigenvalue weighted by atomic mass is 32.2. The molecular formula is C14H22N4O2S. The second kappa shape index (κ2) is 8.51. The van der Waals surface area contributed by atoms with Crippen LogP contribution < -0.4 is 11.1 Å². The first-order valence-corrected chi connectivity index (χ1v) is 7.82. The van der Waals surface area contributed by atoms with Gasteiger partial charge in [-0.1, -0.05) is 11.8 Å². The number of nitrogen functional groups attached to an aromatic ring is 1. The lowest BCUT2D eigenvalue weighted by atomic mass is 10.3. The molecule has 0 aliphatic heterocycles. The Morgan fingerprint density at radius 3 is 2.67 bits per heavy atom. The van der Waals surface area contributed by atoms with E-state index >= 15 is 0 Å². The van der Waals surface area contributed by atoms with E-state index in [-0.39, 0.29) is 30.2 Å². The fraction of sp³-hybridized carbons (Fsp3) is 0.500. The molecule has 2 amide bonds. The molecule has 1 heterocycles. The van der Waals surface area contributed by atoms with Crippen molar-refractivity contribution >= 4 is 29.3 Å². The predicted molar refractivity (Wildman–Crippen MR) is 84.9 cm³/mol. The minimum Gasteiger partial charge on any atom is -0.397 e. The van der Waals surface area contributed by atoms with E-state index in [1.54, 1.807) is 18.3 Å². The van der Waals surface area contributed by atoms with Crippen molar-refractivity contribution < 1.29 is 9.59 Å². The van der Waals surface area contributed by atoms with E-state index in [2.05, 4.69) is 10.3 Å². The number of nitrogens with two attached hydrogens (primary N) is 1. The van der Waals surface area contributed by atoms with Gasteiger partial charge >= 0.3 is 0 Å². The van der Waals surface area contributed by atoms with Crippen molar-refractivity contribution in [2.24, 2.45) is 0 Å². The van der Waals surface area contributed by atoms with Gasteiger partial charge in [-0.25, -0.2) is 4.98 Å². The molecule has 0 radical (unpaired) electrons. The first-order chi connectivity index (χ1) is 9.92.